The van der Waals surface area contributed by atoms with Gasteiger partial charge in [-0.3, -0.25) is 4.31 Å². The number of rotatable bonds is 5. The van der Waals surface area contributed by atoms with Crippen molar-refractivity contribution in [1.82, 2.24) is 0 Å². The van der Waals surface area contributed by atoms with Gasteiger partial charge in [0.15, 0.2) is 0 Å². The van der Waals surface area contributed by atoms with Crippen LogP contribution in [0.15, 0.2) is 39.9 Å². The molecule has 6 heteroatoms. The quantitative estimate of drug-likeness (QED) is 0.863. The highest BCUT2D eigenvalue weighted by molar-refractivity contribution is 7.94. The van der Waals surface area contributed by atoms with Crippen molar-refractivity contribution in [2.75, 3.05) is 16.6 Å². The van der Waals surface area contributed by atoms with E-state index < -0.39 is 10.0 Å². The minimum Gasteiger partial charge on any atom is -0.398 e. The number of thiophene rings is 1. The summed E-state index contributed by atoms with van der Waals surface area (Å²) in [7, 11) is -3.50. The van der Waals surface area contributed by atoms with Crippen molar-refractivity contribution in [1.29, 1.82) is 0 Å². The summed E-state index contributed by atoms with van der Waals surface area (Å²) >= 11 is 1.22. The minimum absolute atomic E-state index is 0.345. The van der Waals surface area contributed by atoms with E-state index in [0.717, 1.165) is 12.0 Å². The molecule has 0 fully saturated rings. The Morgan fingerprint density at radius 2 is 2.00 bits per heavy atom. The largest absolute Gasteiger partial charge is 0.398 e. The molecule has 4 nitrogen and oxygen atoms in total. The van der Waals surface area contributed by atoms with Crippen LogP contribution in [0.3, 0.4) is 0 Å². The first-order valence-electron chi connectivity index (χ1n) is 6.45. The van der Waals surface area contributed by atoms with Gasteiger partial charge in [-0.15, -0.1) is 11.3 Å². The van der Waals surface area contributed by atoms with E-state index in [1.807, 2.05) is 26.0 Å². The summed E-state index contributed by atoms with van der Waals surface area (Å²) in [6.45, 7) is 4.20. The molecule has 1 heterocycles. The Morgan fingerprint density at radius 1 is 1.25 bits per heavy atom. The highest BCUT2D eigenvalue weighted by atomic mass is 32.2. The first kappa shape index (κ1) is 14.9. The van der Waals surface area contributed by atoms with Crippen molar-refractivity contribution in [2.45, 2.75) is 24.5 Å². The zero-order chi connectivity index (χ0) is 14.8. The molecular weight excluding hydrogens is 292 g/mol. The highest BCUT2D eigenvalue weighted by Crippen LogP contribution is 2.28. The van der Waals surface area contributed by atoms with Gasteiger partial charge in [0.25, 0.3) is 10.0 Å². The van der Waals surface area contributed by atoms with Crippen molar-refractivity contribution in [3.8, 4) is 0 Å². The molecule has 0 saturated heterocycles. The fourth-order valence-electron chi connectivity index (χ4n) is 2.07. The number of hydrogen-bond donors (Lipinski definition) is 1. The smallest absolute Gasteiger partial charge is 0.273 e. The lowest BCUT2D eigenvalue weighted by molar-refractivity contribution is 0.594. The Labute approximate surface area is 123 Å². The van der Waals surface area contributed by atoms with Gasteiger partial charge in [0.05, 0.1) is 5.69 Å². The number of sulfonamides is 1. The van der Waals surface area contributed by atoms with Crippen LogP contribution in [0.25, 0.3) is 0 Å². The summed E-state index contributed by atoms with van der Waals surface area (Å²) < 4.78 is 26.9. The van der Waals surface area contributed by atoms with Crippen molar-refractivity contribution in [2.24, 2.45) is 0 Å². The standard InChI is InChI=1S/C14H18N2O2S2/c1-3-11-7-8-12(10-13(11)15)16(4-2)20(17,18)14-6-5-9-19-14/h5-10H,3-4,15H2,1-2H3. The molecule has 0 amide bonds. The van der Waals surface area contributed by atoms with Crippen LogP contribution in [-0.4, -0.2) is 15.0 Å². The molecule has 0 aliphatic heterocycles. The molecule has 0 aliphatic carbocycles. The van der Waals surface area contributed by atoms with E-state index in [1.165, 1.54) is 15.6 Å². The number of aryl methyl sites for hydroxylation is 1. The van der Waals surface area contributed by atoms with E-state index in [-0.39, 0.29) is 0 Å². The Balaban J connectivity index is 2.45. The average Bonchev–Trinajstić information content (AvgIpc) is 2.94. The summed E-state index contributed by atoms with van der Waals surface area (Å²) in [5.74, 6) is 0. The fraction of sp³-hybridized carbons (Fsp3) is 0.286. The van der Waals surface area contributed by atoms with Gasteiger partial charge >= 0.3 is 0 Å². The maximum Gasteiger partial charge on any atom is 0.273 e. The number of nitrogens with two attached hydrogens (primary N) is 1. The van der Waals surface area contributed by atoms with Crippen LogP contribution in [0, 0.1) is 0 Å². The number of anilines is 2. The third-order valence-electron chi connectivity index (χ3n) is 3.12. The number of hydrogen-bond acceptors (Lipinski definition) is 4. The third kappa shape index (κ3) is 2.66. The van der Waals surface area contributed by atoms with Crippen LogP contribution >= 0.6 is 11.3 Å². The van der Waals surface area contributed by atoms with Crippen LogP contribution < -0.4 is 10.0 Å². The maximum atomic E-state index is 12.6. The third-order valence-corrected chi connectivity index (χ3v) is 6.40. The SMILES string of the molecule is CCc1ccc(N(CC)S(=O)(=O)c2cccs2)cc1N. The lowest BCUT2D eigenvalue weighted by Gasteiger charge is -2.22. The average molecular weight is 310 g/mol. The van der Waals surface area contributed by atoms with Crippen LogP contribution in [0.2, 0.25) is 0 Å². The van der Waals surface area contributed by atoms with Gasteiger partial charge < -0.3 is 5.73 Å². The van der Waals surface area contributed by atoms with Gasteiger partial charge in [-0.05, 0) is 42.5 Å². The van der Waals surface area contributed by atoms with Crippen molar-refractivity contribution in [3.63, 3.8) is 0 Å². The molecule has 0 aliphatic rings. The van der Waals surface area contributed by atoms with Crippen molar-refractivity contribution >= 4 is 32.7 Å². The summed E-state index contributed by atoms with van der Waals surface area (Å²) in [6, 6.07) is 8.78. The van der Waals surface area contributed by atoms with Crippen LogP contribution in [0.5, 0.6) is 0 Å². The summed E-state index contributed by atoms with van der Waals surface area (Å²) in [4.78, 5) is 0. The monoisotopic (exact) mass is 310 g/mol. The predicted molar refractivity (Wildman–Crippen MR) is 84.8 cm³/mol. The molecular formula is C14H18N2O2S2. The van der Waals surface area contributed by atoms with Gasteiger partial charge in [-0.2, -0.15) is 0 Å². The molecule has 0 saturated carbocycles. The van der Waals surface area contributed by atoms with E-state index in [4.69, 9.17) is 5.73 Å². The number of nitrogens with zero attached hydrogens (tertiary/aromatic N) is 1. The molecule has 2 N–H and O–H groups in total. The highest BCUT2D eigenvalue weighted by Gasteiger charge is 2.24. The first-order chi connectivity index (χ1) is 9.50. The second-order valence-corrected chi connectivity index (χ2v) is 7.38. The van der Waals surface area contributed by atoms with E-state index in [2.05, 4.69) is 0 Å². The second kappa shape index (κ2) is 5.85. The van der Waals surface area contributed by atoms with Crippen LogP contribution in [0.4, 0.5) is 11.4 Å². The molecule has 1 aromatic carbocycles. The molecule has 0 atom stereocenters. The molecule has 0 bridgehead atoms. The zero-order valence-corrected chi connectivity index (χ0v) is 13.2. The molecule has 2 rings (SSSR count). The molecule has 108 valence electrons. The van der Waals surface area contributed by atoms with E-state index in [9.17, 15) is 8.42 Å². The topological polar surface area (TPSA) is 63.4 Å². The van der Waals surface area contributed by atoms with Crippen molar-refractivity contribution < 1.29 is 8.42 Å². The van der Waals surface area contributed by atoms with E-state index in [1.54, 1.807) is 23.6 Å². The maximum absolute atomic E-state index is 12.6. The lowest BCUT2D eigenvalue weighted by atomic mass is 10.1. The number of nitrogen functional groups attached to an aromatic ring is 1. The molecule has 20 heavy (non-hydrogen) atoms. The first-order valence-corrected chi connectivity index (χ1v) is 8.77. The summed E-state index contributed by atoms with van der Waals surface area (Å²) in [6.07, 6.45) is 0.829. The summed E-state index contributed by atoms with van der Waals surface area (Å²) in [5, 5.41) is 1.76. The zero-order valence-electron chi connectivity index (χ0n) is 11.5. The second-order valence-electron chi connectivity index (χ2n) is 4.34. The van der Waals surface area contributed by atoms with Gasteiger partial charge in [-0.25, -0.2) is 8.42 Å². The van der Waals surface area contributed by atoms with Gasteiger partial charge in [0.1, 0.15) is 4.21 Å². The van der Waals surface area contributed by atoms with Crippen LogP contribution in [0.1, 0.15) is 19.4 Å². The van der Waals surface area contributed by atoms with Gasteiger partial charge in [0, 0.05) is 12.2 Å². The number of benzene rings is 1. The normalized spacial score (nSPS) is 11.5. The molecule has 0 unspecified atom stereocenters. The minimum atomic E-state index is -3.50. The van der Waals surface area contributed by atoms with Crippen molar-refractivity contribution in [3.05, 3.63) is 41.3 Å². The van der Waals surface area contributed by atoms with Gasteiger partial charge in [0.2, 0.25) is 0 Å². The summed E-state index contributed by atoms with van der Waals surface area (Å²) in [5.41, 5.74) is 8.23. The predicted octanol–water partition coefficient (Wildman–Crippen LogP) is 3.11. The molecule has 0 radical (unpaired) electrons. The molecule has 1 aromatic heterocycles. The van der Waals surface area contributed by atoms with Gasteiger partial charge in [-0.1, -0.05) is 19.1 Å². The molecule has 0 spiro atoms. The Bertz CT molecular complexity index is 679. The van der Waals surface area contributed by atoms with E-state index >= 15 is 0 Å². The Hall–Kier alpha value is -1.53. The Morgan fingerprint density at radius 3 is 2.50 bits per heavy atom. The fourth-order valence-corrected chi connectivity index (χ4v) is 4.64. The van der Waals surface area contributed by atoms with Crippen LogP contribution in [-0.2, 0) is 16.4 Å². The Kier molecular flexibility index (Phi) is 4.35. The lowest BCUT2D eigenvalue weighted by Crippen LogP contribution is -2.30. The molecule has 2 aromatic rings. The van der Waals surface area contributed by atoms with E-state index in [0.29, 0.717) is 22.1 Å².